The molecule has 0 saturated heterocycles. The maximum absolute atomic E-state index is 15.5. The standard InChI is InChI=1S/C24H29Cl2FO5/c1-12-7-15-16-9-18(27)17-8-14(29)5-6-21(17,3)23(16,26)19(25)10-22(15,4)24(12,31)20(30)11-32-13(2)28/h5-6,8,12,15-16,18-19,31H,7,9-11H2,1-4H3/t12-,15+,16+,18+,19+,21+,22+,23+,24+/m1/s1. The second-order valence-electron chi connectivity index (χ2n) is 10.4. The molecule has 0 aromatic heterocycles. The van der Waals surface area contributed by atoms with E-state index in [0.717, 1.165) is 0 Å². The zero-order valence-corrected chi connectivity index (χ0v) is 20.2. The van der Waals surface area contributed by atoms with Crippen LogP contribution in [0.3, 0.4) is 0 Å². The predicted octanol–water partition coefficient (Wildman–Crippen LogP) is 3.93. The van der Waals surface area contributed by atoms with Gasteiger partial charge in [0, 0.05) is 17.8 Å². The first-order chi connectivity index (χ1) is 14.7. The minimum Gasteiger partial charge on any atom is -0.458 e. The number of rotatable bonds is 3. The summed E-state index contributed by atoms with van der Waals surface area (Å²) in [7, 11) is 0. The minimum atomic E-state index is -1.78. The lowest BCUT2D eigenvalue weighted by Gasteiger charge is -2.64. The topological polar surface area (TPSA) is 80.7 Å². The van der Waals surface area contributed by atoms with E-state index in [1.54, 1.807) is 13.0 Å². The number of alkyl halides is 3. The van der Waals surface area contributed by atoms with E-state index in [2.05, 4.69) is 0 Å². The summed E-state index contributed by atoms with van der Waals surface area (Å²) in [5.74, 6) is -2.61. The summed E-state index contributed by atoms with van der Waals surface area (Å²) in [6.45, 7) is 6.11. The van der Waals surface area contributed by atoms with Crippen LogP contribution >= 0.6 is 23.2 Å². The molecule has 8 heteroatoms. The Kier molecular flexibility index (Phi) is 5.51. The lowest BCUT2D eigenvalue weighted by molar-refractivity contribution is -0.172. The molecule has 3 fully saturated rings. The monoisotopic (exact) mass is 486 g/mol. The van der Waals surface area contributed by atoms with Gasteiger partial charge in [0.1, 0.15) is 11.8 Å². The van der Waals surface area contributed by atoms with Crippen LogP contribution < -0.4 is 0 Å². The number of aliphatic hydroxyl groups is 1. The average Bonchev–Trinajstić information content (AvgIpc) is 2.91. The molecule has 9 atom stereocenters. The van der Waals surface area contributed by atoms with Gasteiger partial charge < -0.3 is 9.84 Å². The molecular formula is C24H29Cl2FO5. The number of ether oxygens (including phenoxy) is 1. The van der Waals surface area contributed by atoms with Crippen molar-refractivity contribution in [1.29, 1.82) is 0 Å². The maximum Gasteiger partial charge on any atom is 0.303 e. The van der Waals surface area contributed by atoms with E-state index >= 15 is 4.39 Å². The highest BCUT2D eigenvalue weighted by molar-refractivity contribution is 6.34. The number of fused-ring (bicyclic) bond motifs is 5. The quantitative estimate of drug-likeness (QED) is 0.482. The summed E-state index contributed by atoms with van der Waals surface area (Å²) in [6.07, 6.45) is 3.80. The van der Waals surface area contributed by atoms with Gasteiger partial charge in [-0.2, -0.15) is 0 Å². The normalized spacial score (nSPS) is 49.6. The molecule has 0 heterocycles. The molecule has 0 bridgehead atoms. The van der Waals surface area contributed by atoms with Gasteiger partial charge in [-0.25, -0.2) is 4.39 Å². The van der Waals surface area contributed by atoms with Gasteiger partial charge in [-0.1, -0.05) is 26.8 Å². The maximum atomic E-state index is 15.5. The first kappa shape index (κ1) is 23.9. The number of carbonyl (C=O) groups excluding carboxylic acids is 3. The SMILES string of the molecule is CC(=O)OCC(=O)[C@@]1(O)[C@H](C)C[C@H]2[C@@H]3C[C@H](F)C4=CC(=O)C=C[C@]4(C)[C@@]3(Cl)[C@@H](Cl)C[C@@]21C. The van der Waals surface area contributed by atoms with Crippen LogP contribution in [0.4, 0.5) is 4.39 Å². The highest BCUT2D eigenvalue weighted by atomic mass is 35.5. The van der Waals surface area contributed by atoms with Gasteiger partial charge in [-0.15, -0.1) is 23.2 Å². The third-order valence-corrected chi connectivity index (χ3v) is 10.5. The van der Waals surface area contributed by atoms with Crippen molar-refractivity contribution >= 4 is 40.7 Å². The van der Waals surface area contributed by atoms with Crippen molar-refractivity contribution < 1.29 is 28.6 Å². The summed E-state index contributed by atoms with van der Waals surface area (Å²) in [4.78, 5) is 35.3. The number of carbonyl (C=O) groups is 3. The van der Waals surface area contributed by atoms with Gasteiger partial charge in [0.2, 0.25) is 5.78 Å². The van der Waals surface area contributed by atoms with Gasteiger partial charge >= 0.3 is 5.97 Å². The Labute approximate surface area is 197 Å². The van der Waals surface area contributed by atoms with E-state index in [4.69, 9.17) is 27.9 Å². The molecule has 0 radical (unpaired) electrons. The predicted molar refractivity (Wildman–Crippen MR) is 118 cm³/mol. The molecule has 4 aliphatic rings. The summed E-state index contributed by atoms with van der Waals surface area (Å²) in [6, 6.07) is 0. The average molecular weight is 487 g/mol. The van der Waals surface area contributed by atoms with E-state index in [0.29, 0.717) is 12.0 Å². The molecule has 176 valence electrons. The Morgan fingerprint density at radius 1 is 1.28 bits per heavy atom. The highest BCUT2D eigenvalue weighted by Gasteiger charge is 2.75. The van der Waals surface area contributed by atoms with Crippen LogP contribution in [0.1, 0.15) is 47.0 Å². The van der Waals surface area contributed by atoms with Gasteiger partial charge in [-0.05, 0) is 54.7 Å². The molecule has 0 aromatic carbocycles. The zero-order valence-electron chi connectivity index (χ0n) is 18.7. The van der Waals surface area contributed by atoms with Crippen LogP contribution in [0, 0.1) is 28.6 Å². The van der Waals surface area contributed by atoms with Crippen LogP contribution in [-0.4, -0.2) is 51.3 Å². The third kappa shape index (κ3) is 2.81. The molecule has 0 aliphatic heterocycles. The second-order valence-corrected chi connectivity index (χ2v) is 11.6. The van der Waals surface area contributed by atoms with Crippen LogP contribution in [-0.2, 0) is 19.1 Å². The highest BCUT2D eigenvalue weighted by Crippen LogP contribution is 2.72. The van der Waals surface area contributed by atoms with Gasteiger partial charge in [0.25, 0.3) is 0 Å². The smallest absolute Gasteiger partial charge is 0.303 e. The molecule has 5 nitrogen and oxygen atoms in total. The molecular weight excluding hydrogens is 458 g/mol. The molecule has 32 heavy (non-hydrogen) atoms. The number of halogens is 3. The fraction of sp³-hybridized carbons (Fsp3) is 0.708. The number of esters is 1. The molecule has 4 rings (SSSR count). The second kappa shape index (κ2) is 7.38. The number of hydrogen-bond donors (Lipinski definition) is 1. The van der Waals surface area contributed by atoms with E-state index in [1.807, 2.05) is 13.8 Å². The van der Waals surface area contributed by atoms with Gasteiger partial charge in [0.05, 0.1) is 10.3 Å². The number of ketones is 2. The molecule has 3 saturated carbocycles. The van der Waals surface area contributed by atoms with Crippen molar-refractivity contribution in [3.8, 4) is 0 Å². The van der Waals surface area contributed by atoms with Crippen molar-refractivity contribution in [2.45, 2.75) is 69.0 Å². The van der Waals surface area contributed by atoms with Crippen LogP contribution in [0.2, 0.25) is 0 Å². The molecule has 0 spiro atoms. The van der Waals surface area contributed by atoms with E-state index in [9.17, 15) is 19.5 Å². The van der Waals surface area contributed by atoms with Crippen molar-refractivity contribution in [2.24, 2.45) is 28.6 Å². The summed E-state index contributed by atoms with van der Waals surface area (Å²) in [5.41, 5.74) is -3.37. The molecule has 0 aromatic rings. The van der Waals surface area contributed by atoms with Crippen molar-refractivity contribution in [1.82, 2.24) is 0 Å². The van der Waals surface area contributed by atoms with Gasteiger partial charge in [0.15, 0.2) is 12.4 Å². The lowest BCUT2D eigenvalue weighted by Crippen LogP contribution is -2.69. The lowest BCUT2D eigenvalue weighted by atomic mass is 9.46. The van der Waals surface area contributed by atoms with E-state index in [-0.39, 0.29) is 24.5 Å². The van der Waals surface area contributed by atoms with E-state index < -0.39 is 63.0 Å². The van der Waals surface area contributed by atoms with Crippen molar-refractivity contribution in [2.75, 3.05) is 6.61 Å². The fourth-order valence-electron chi connectivity index (χ4n) is 7.35. The van der Waals surface area contributed by atoms with Crippen LogP contribution in [0.25, 0.3) is 0 Å². The molecule has 4 aliphatic carbocycles. The number of hydrogen-bond acceptors (Lipinski definition) is 5. The summed E-state index contributed by atoms with van der Waals surface area (Å²) in [5, 5.41) is 11.1. The van der Waals surface area contributed by atoms with Crippen molar-refractivity contribution in [3.05, 3.63) is 23.8 Å². The Morgan fingerprint density at radius 2 is 1.94 bits per heavy atom. The number of Topliss-reactive ketones (excluding diaryl/α,β-unsaturated/α-hetero) is 1. The largest absolute Gasteiger partial charge is 0.458 e. The third-order valence-electron chi connectivity index (χ3n) is 9.00. The first-order valence-corrected chi connectivity index (χ1v) is 11.9. The van der Waals surface area contributed by atoms with Crippen LogP contribution in [0.5, 0.6) is 0 Å². The zero-order chi connectivity index (χ0) is 23.9. The molecule has 0 unspecified atom stereocenters. The number of allylic oxidation sites excluding steroid dienone is 4. The Hall–Kier alpha value is -1.24. The molecule has 0 amide bonds. The first-order valence-electron chi connectivity index (χ1n) is 11.0. The molecule has 1 N–H and O–H groups in total. The fourth-order valence-corrected chi connectivity index (χ4v) is 8.55. The Morgan fingerprint density at radius 3 is 2.56 bits per heavy atom. The van der Waals surface area contributed by atoms with Crippen molar-refractivity contribution in [3.63, 3.8) is 0 Å². The van der Waals surface area contributed by atoms with Crippen LogP contribution in [0.15, 0.2) is 23.8 Å². The minimum absolute atomic E-state index is 0.0659. The van der Waals surface area contributed by atoms with E-state index in [1.165, 1.54) is 19.1 Å². The summed E-state index contributed by atoms with van der Waals surface area (Å²) >= 11 is 14.3. The Balaban J connectivity index is 1.79. The summed E-state index contributed by atoms with van der Waals surface area (Å²) < 4.78 is 20.4. The van der Waals surface area contributed by atoms with Gasteiger partial charge in [-0.3, -0.25) is 14.4 Å². The Bertz CT molecular complexity index is 949.